The SMILES string of the molecule is CCOC(=O)c1oc2ccc(S(=O)(=O)NCCC3CCCC3)cc2c1C. The number of aryl methyl sites for hydroxylation is 1. The monoisotopic (exact) mass is 379 g/mol. The fourth-order valence-electron chi connectivity index (χ4n) is 3.54. The van der Waals surface area contributed by atoms with Crippen molar-refractivity contribution in [1.82, 2.24) is 4.72 Å². The van der Waals surface area contributed by atoms with E-state index in [0.29, 0.717) is 29.0 Å². The standard InChI is InChI=1S/C19H25NO5S/c1-3-24-19(21)18-13(2)16-12-15(8-9-17(16)25-18)26(22,23)20-11-10-14-6-4-5-7-14/h8-9,12,14,20H,3-7,10-11H2,1-2H3. The summed E-state index contributed by atoms with van der Waals surface area (Å²) in [5.74, 6) is 0.203. The molecule has 142 valence electrons. The summed E-state index contributed by atoms with van der Waals surface area (Å²) >= 11 is 0. The number of sulfonamides is 1. The number of nitrogens with one attached hydrogen (secondary N) is 1. The third kappa shape index (κ3) is 3.94. The molecule has 7 heteroatoms. The Morgan fingerprint density at radius 2 is 2.04 bits per heavy atom. The molecule has 1 aromatic carbocycles. The summed E-state index contributed by atoms with van der Waals surface area (Å²) in [7, 11) is -3.59. The van der Waals surface area contributed by atoms with Crippen LogP contribution in [0.5, 0.6) is 0 Å². The maximum absolute atomic E-state index is 12.6. The molecule has 26 heavy (non-hydrogen) atoms. The van der Waals surface area contributed by atoms with E-state index in [9.17, 15) is 13.2 Å². The Kier molecular flexibility index (Phi) is 5.67. The molecule has 0 unspecified atom stereocenters. The average molecular weight is 379 g/mol. The van der Waals surface area contributed by atoms with Gasteiger partial charge in [-0.3, -0.25) is 0 Å². The minimum atomic E-state index is -3.59. The number of benzene rings is 1. The minimum Gasteiger partial charge on any atom is -0.460 e. The summed E-state index contributed by atoms with van der Waals surface area (Å²) in [6.07, 6.45) is 5.75. The molecule has 1 fully saturated rings. The van der Waals surface area contributed by atoms with E-state index in [-0.39, 0.29) is 17.3 Å². The van der Waals surface area contributed by atoms with Crippen molar-refractivity contribution < 1.29 is 22.4 Å². The highest BCUT2D eigenvalue weighted by atomic mass is 32.2. The van der Waals surface area contributed by atoms with Gasteiger partial charge in [-0.05, 0) is 44.4 Å². The second kappa shape index (κ2) is 7.80. The van der Waals surface area contributed by atoms with E-state index in [1.807, 2.05) is 0 Å². The van der Waals surface area contributed by atoms with E-state index in [2.05, 4.69) is 4.72 Å². The number of furan rings is 1. The first-order chi connectivity index (χ1) is 12.4. The van der Waals surface area contributed by atoms with Crippen LogP contribution in [0.15, 0.2) is 27.5 Å². The zero-order valence-electron chi connectivity index (χ0n) is 15.2. The Bertz CT molecular complexity index is 894. The average Bonchev–Trinajstić information content (AvgIpc) is 3.23. The number of hydrogen-bond acceptors (Lipinski definition) is 5. The van der Waals surface area contributed by atoms with Crippen LogP contribution in [0.2, 0.25) is 0 Å². The van der Waals surface area contributed by atoms with Crippen molar-refractivity contribution in [2.75, 3.05) is 13.2 Å². The minimum absolute atomic E-state index is 0.116. The zero-order chi connectivity index (χ0) is 18.7. The van der Waals surface area contributed by atoms with Crippen LogP contribution in [0.25, 0.3) is 11.0 Å². The van der Waals surface area contributed by atoms with E-state index in [4.69, 9.17) is 9.15 Å². The van der Waals surface area contributed by atoms with Crippen molar-refractivity contribution in [3.05, 3.63) is 29.5 Å². The highest BCUT2D eigenvalue weighted by Gasteiger charge is 2.22. The van der Waals surface area contributed by atoms with Gasteiger partial charge in [0.2, 0.25) is 15.8 Å². The van der Waals surface area contributed by atoms with Crippen LogP contribution >= 0.6 is 0 Å². The van der Waals surface area contributed by atoms with Gasteiger partial charge >= 0.3 is 5.97 Å². The van der Waals surface area contributed by atoms with Gasteiger partial charge in [0.05, 0.1) is 11.5 Å². The summed E-state index contributed by atoms with van der Waals surface area (Å²) in [5, 5.41) is 0.603. The molecule has 1 saturated carbocycles. The first kappa shape index (κ1) is 18.9. The molecular formula is C19H25NO5S. The molecule has 3 rings (SSSR count). The molecule has 1 aliphatic carbocycles. The quantitative estimate of drug-likeness (QED) is 0.740. The Balaban J connectivity index is 1.78. The number of carbonyl (C=O) groups is 1. The van der Waals surface area contributed by atoms with Crippen LogP contribution in [0.3, 0.4) is 0 Å². The summed E-state index contributed by atoms with van der Waals surface area (Å²) in [5.41, 5.74) is 1.05. The lowest BCUT2D eigenvalue weighted by Gasteiger charge is -2.10. The fourth-order valence-corrected chi connectivity index (χ4v) is 4.61. The fraction of sp³-hybridized carbons (Fsp3) is 0.526. The Morgan fingerprint density at radius 1 is 1.31 bits per heavy atom. The number of esters is 1. The van der Waals surface area contributed by atoms with Gasteiger partial charge in [0, 0.05) is 17.5 Å². The molecule has 0 spiro atoms. The molecule has 0 amide bonds. The lowest BCUT2D eigenvalue weighted by Crippen LogP contribution is -2.25. The van der Waals surface area contributed by atoms with Gasteiger partial charge in [0.1, 0.15) is 5.58 Å². The molecular weight excluding hydrogens is 354 g/mol. The number of rotatable bonds is 7. The number of hydrogen-bond donors (Lipinski definition) is 1. The molecule has 0 saturated heterocycles. The van der Waals surface area contributed by atoms with Crippen LogP contribution in [-0.4, -0.2) is 27.5 Å². The molecule has 2 aromatic rings. The molecule has 6 nitrogen and oxygen atoms in total. The van der Waals surface area contributed by atoms with Crippen LogP contribution in [0.1, 0.15) is 55.1 Å². The molecule has 1 aliphatic rings. The smallest absolute Gasteiger partial charge is 0.374 e. The second-order valence-corrected chi connectivity index (χ2v) is 8.54. The third-order valence-corrected chi connectivity index (χ3v) is 6.46. The second-order valence-electron chi connectivity index (χ2n) is 6.77. The van der Waals surface area contributed by atoms with E-state index >= 15 is 0 Å². The van der Waals surface area contributed by atoms with Crippen molar-refractivity contribution in [1.29, 1.82) is 0 Å². The van der Waals surface area contributed by atoms with Crippen molar-refractivity contribution in [2.45, 2.75) is 50.8 Å². The number of fused-ring (bicyclic) bond motifs is 1. The van der Waals surface area contributed by atoms with Crippen LogP contribution in [-0.2, 0) is 14.8 Å². The maximum Gasteiger partial charge on any atom is 0.374 e. The molecule has 1 aromatic heterocycles. The molecule has 0 atom stereocenters. The van der Waals surface area contributed by atoms with E-state index in [1.165, 1.54) is 31.7 Å². The van der Waals surface area contributed by atoms with Gasteiger partial charge < -0.3 is 9.15 Å². The van der Waals surface area contributed by atoms with Gasteiger partial charge in [-0.15, -0.1) is 0 Å². The summed E-state index contributed by atoms with van der Waals surface area (Å²) in [6.45, 7) is 4.14. The van der Waals surface area contributed by atoms with Crippen molar-refractivity contribution in [2.24, 2.45) is 5.92 Å². The van der Waals surface area contributed by atoms with Gasteiger partial charge in [-0.1, -0.05) is 25.7 Å². The van der Waals surface area contributed by atoms with E-state index in [1.54, 1.807) is 26.0 Å². The lowest BCUT2D eigenvalue weighted by atomic mass is 10.1. The number of ether oxygens (including phenoxy) is 1. The summed E-state index contributed by atoms with van der Waals surface area (Å²) < 4.78 is 38.3. The molecule has 1 N–H and O–H groups in total. The zero-order valence-corrected chi connectivity index (χ0v) is 16.0. The normalized spacial score (nSPS) is 15.6. The van der Waals surface area contributed by atoms with Crippen molar-refractivity contribution in [3.63, 3.8) is 0 Å². The lowest BCUT2D eigenvalue weighted by molar-refractivity contribution is 0.0491. The maximum atomic E-state index is 12.6. The summed E-state index contributed by atoms with van der Waals surface area (Å²) in [6, 6.07) is 4.63. The topological polar surface area (TPSA) is 85.6 Å². The Labute approximate surface area is 154 Å². The van der Waals surface area contributed by atoms with Gasteiger partial charge in [0.25, 0.3) is 0 Å². The Morgan fingerprint density at radius 3 is 2.73 bits per heavy atom. The Hall–Kier alpha value is -1.86. The molecule has 0 radical (unpaired) electrons. The highest BCUT2D eigenvalue weighted by Crippen LogP contribution is 2.29. The molecule has 0 aliphatic heterocycles. The third-order valence-electron chi connectivity index (χ3n) is 5.00. The molecule has 0 bridgehead atoms. The molecule has 1 heterocycles. The predicted molar refractivity (Wildman–Crippen MR) is 98.7 cm³/mol. The van der Waals surface area contributed by atoms with Crippen LogP contribution < -0.4 is 4.72 Å². The van der Waals surface area contributed by atoms with E-state index < -0.39 is 16.0 Å². The van der Waals surface area contributed by atoms with Crippen molar-refractivity contribution in [3.8, 4) is 0 Å². The first-order valence-electron chi connectivity index (χ1n) is 9.12. The van der Waals surface area contributed by atoms with Gasteiger partial charge in [-0.25, -0.2) is 17.9 Å². The van der Waals surface area contributed by atoms with E-state index in [0.717, 1.165) is 6.42 Å². The summed E-state index contributed by atoms with van der Waals surface area (Å²) in [4.78, 5) is 12.1. The van der Waals surface area contributed by atoms with Gasteiger partial charge in [-0.2, -0.15) is 0 Å². The number of carbonyl (C=O) groups excluding carboxylic acids is 1. The highest BCUT2D eigenvalue weighted by molar-refractivity contribution is 7.89. The first-order valence-corrected chi connectivity index (χ1v) is 10.6. The van der Waals surface area contributed by atoms with Gasteiger partial charge in [0.15, 0.2) is 0 Å². The van der Waals surface area contributed by atoms with Crippen LogP contribution in [0.4, 0.5) is 0 Å². The predicted octanol–water partition coefficient (Wildman–Crippen LogP) is 3.78. The van der Waals surface area contributed by atoms with Crippen LogP contribution in [0, 0.1) is 12.8 Å². The van der Waals surface area contributed by atoms with Crippen molar-refractivity contribution >= 4 is 27.0 Å². The largest absolute Gasteiger partial charge is 0.460 e.